The van der Waals surface area contributed by atoms with E-state index in [9.17, 15) is 25.2 Å². The number of fused-ring (bicyclic) bond motifs is 5. The zero-order valence-corrected chi connectivity index (χ0v) is 18.6. The van der Waals surface area contributed by atoms with Gasteiger partial charge in [-0.15, -0.1) is 0 Å². The largest absolute Gasteiger partial charge is 0.481 e. The van der Waals surface area contributed by atoms with Gasteiger partial charge in [-0.05, 0) is 91.3 Å². The van der Waals surface area contributed by atoms with Crippen LogP contribution in [0.1, 0.15) is 72.1 Å². The molecule has 4 aliphatic rings. The normalized spacial score (nSPS) is 54.0. The quantitative estimate of drug-likeness (QED) is 0.473. The second-order valence-electron chi connectivity index (χ2n) is 11.5. The lowest BCUT2D eigenvalue weighted by Gasteiger charge is -2.64. The summed E-state index contributed by atoms with van der Waals surface area (Å²) < 4.78 is 0. The lowest BCUT2D eigenvalue weighted by atomic mass is 9.42. The van der Waals surface area contributed by atoms with E-state index in [1.54, 1.807) is 0 Å². The SMILES string of the molecule is C[C@H](CCC(=O)O)[C@H]1CC[C@H]2[C@@H]3[C@@H](O)[C@H](O)[C@H]4C[C@H](O)CC[C@]4(C)[C@H]3C[C@H](O)[C@]12C. The molecule has 0 bridgehead atoms. The fourth-order valence-electron chi connectivity index (χ4n) is 8.72. The van der Waals surface area contributed by atoms with Gasteiger partial charge >= 0.3 is 5.97 Å². The summed E-state index contributed by atoms with van der Waals surface area (Å²) in [4.78, 5) is 11.1. The maximum atomic E-state index is 11.5. The van der Waals surface area contributed by atoms with Crippen molar-refractivity contribution in [2.45, 2.75) is 96.6 Å². The minimum Gasteiger partial charge on any atom is -0.481 e. The number of aliphatic hydroxyl groups excluding tert-OH is 4. The van der Waals surface area contributed by atoms with Gasteiger partial charge in [0.05, 0.1) is 24.4 Å². The lowest BCUT2D eigenvalue weighted by Crippen LogP contribution is -2.66. The lowest BCUT2D eigenvalue weighted by molar-refractivity contribution is -0.243. The van der Waals surface area contributed by atoms with Gasteiger partial charge in [-0.1, -0.05) is 20.8 Å². The molecule has 5 N–H and O–H groups in total. The predicted octanol–water partition coefficient (Wildman–Crippen LogP) is 2.42. The highest BCUT2D eigenvalue weighted by atomic mass is 16.4. The molecular weight excluding hydrogens is 384 g/mol. The Balaban J connectivity index is 1.64. The minimum atomic E-state index is -0.839. The molecule has 172 valence electrons. The molecule has 6 nitrogen and oxygen atoms in total. The molecule has 6 heteroatoms. The fourth-order valence-corrected chi connectivity index (χ4v) is 8.72. The molecule has 0 radical (unpaired) electrons. The van der Waals surface area contributed by atoms with E-state index in [-0.39, 0.29) is 52.8 Å². The van der Waals surface area contributed by atoms with E-state index in [1.807, 2.05) is 0 Å². The predicted molar refractivity (Wildman–Crippen MR) is 111 cm³/mol. The van der Waals surface area contributed by atoms with Crippen molar-refractivity contribution in [2.24, 2.45) is 46.3 Å². The summed E-state index contributed by atoms with van der Waals surface area (Å²) in [6, 6.07) is 0. The first-order valence-electron chi connectivity index (χ1n) is 12.0. The van der Waals surface area contributed by atoms with Gasteiger partial charge in [0, 0.05) is 6.42 Å². The van der Waals surface area contributed by atoms with Crippen molar-refractivity contribution >= 4 is 5.97 Å². The molecule has 0 aliphatic heterocycles. The highest BCUT2D eigenvalue weighted by Gasteiger charge is 2.67. The molecular formula is C24H40O6. The van der Waals surface area contributed by atoms with E-state index in [2.05, 4.69) is 20.8 Å². The third-order valence-electron chi connectivity index (χ3n) is 10.4. The average Bonchev–Trinajstić information content (AvgIpc) is 3.05. The monoisotopic (exact) mass is 424 g/mol. The Morgan fingerprint density at radius 1 is 0.967 bits per heavy atom. The van der Waals surface area contributed by atoms with Crippen molar-refractivity contribution in [3.8, 4) is 0 Å². The highest BCUT2D eigenvalue weighted by molar-refractivity contribution is 5.66. The molecule has 0 aromatic carbocycles. The fraction of sp³-hybridized carbons (Fsp3) is 0.958. The maximum absolute atomic E-state index is 11.5. The molecule has 0 aromatic rings. The van der Waals surface area contributed by atoms with Gasteiger partial charge in [0.25, 0.3) is 0 Å². The molecule has 4 aliphatic carbocycles. The molecule has 0 spiro atoms. The first kappa shape index (κ1) is 22.5. The first-order valence-corrected chi connectivity index (χ1v) is 12.0. The van der Waals surface area contributed by atoms with E-state index in [1.165, 1.54) is 0 Å². The van der Waals surface area contributed by atoms with Crippen molar-refractivity contribution in [1.29, 1.82) is 0 Å². The van der Waals surface area contributed by atoms with Gasteiger partial charge in [0.1, 0.15) is 0 Å². The van der Waals surface area contributed by atoms with Crippen LogP contribution in [0.25, 0.3) is 0 Å². The Labute approximate surface area is 179 Å². The van der Waals surface area contributed by atoms with Gasteiger partial charge in [-0.25, -0.2) is 0 Å². The summed E-state index contributed by atoms with van der Waals surface area (Å²) in [6.45, 7) is 6.45. The Kier molecular flexibility index (Phi) is 5.79. The van der Waals surface area contributed by atoms with Gasteiger partial charge in [-0.2, -0.15) is 0 Å². The Morgan fingerprint density at radius 3 is 2.33 bits per heavy atom. The Hall–Kier alpha value is -0.690. The zero-order valence-electron chi connectivity index (χ0n) is 18.6. The van der Waals surface area contributed by atoms with Gasteiger partial charge < -0.3 is 25.5 Å². The summed E-state index contributed by atoms with van der Waals surface area (Å²) in [6.07, 6.45) is 2.67. The molecule has 4 rings (SSSR count). The Bertz CT molecular complexity index is 668. The second-order valence-corrected chi connectivity index (χ2v) is 11.5. The summed E-state index contributed by atoms with van der Waals surface area (Å²) in [5, 5.41) is 53.1. The average molecular weight is 425 g/mol. The number of aliphatic hydroxyl groups is 4. The van der Waals surface area contributed by atoms with Crippen LogP contribution >= 0.6 is 0 Å². The molecule has 0 heterocycles. The van der Waals surface area contributed by atoms with Crippen LogP contribution in [0, 0.1) is 46.3 Å². The summed E-state index contributed by atoms with van der Waals surface area (Å²) >= 11 is 0. The number of carbonyl (C=O) groups is 1. The third kappa shape index (κ3) is 3.16. The molecule has 4 fully saturated rings. The summed E-state index contributed by atoms with van der Waals surface area (Å²) in [5.74, 6) is -0.299. The van der Waals surface area contributed by atoms with E-state index in [4.69, 9.17) is 5.11 Å². The molecule has 0 amide bonds. The molecule has 0 unspecified atom stereocenters. The van der Waals surface area contributed by atoms with Crippen LogP contribution in [-0.4, -0.2) is 55.9 Å². The molecule has 0 aromatic heterocycles. The van der Waals surface area contributed by atoms with E-state index >= 15 is 0 Å². The zero-order chi connectivity index (χ0) is 22.0. The van der Waals surface area contributed by atoms with Gasteiger partial charge in [0.15, 0.2) is 0 Å². The van der Waals surface area contributed by atoms with Gasteiger partial charge in [0.2, 0.25) is 0 Å². The summed E-state index contributed by atoms with van der Waals surface area (Å²) in [7, 11) is 0. The van der Waals surface area contributed by atoms with E-state index in [0.29, 0.717) is 25.7 Å². The van der Waals surface area contributed by atoms with Crippen molar-refractivity contribution in [1.82, 2.24) is 0 Å². The van der Waals surface area contributed by atoms with Crippen molar-refractivity contribution < 1.29 is 30.3 Å². The highest BCUT2D eigenvalue weighted by Crippen LogP contribution is 2.68. The van der Waals surface area contributed by atoms with Crippen molar-refractivity contribution in [3.05, 3.63) is 0 Å². The molecule has 4 saturated carbocycles. The number of aliphatic carboxylic acids is 1. The molecule has 12 atom stereocenters. The van der Waals surface area contributed by atoms with Crippen LogP contribution in [0.4, 0.5) is 0 Å². The third-order valence-corrected chi connectivity index (χ3v) is 10.4. The number of carboxylic acid groups (broad SMARTS) is 1. The summed E-state index contributed by atoms with van der Waals surface area (Å²) in [5.41, 5.74) is -0.547. The van der Waals surface area contributed by atoms with Crippen LogP contribution in [-0.2, 0) is 4.79 Å². The smallest absolute Gasteiger partial charge is 0.303 e. The van der Waals surface area contributed by atoms with Crippen LogP contribution in [0.3, 0.4) is 0 Å². The van der Waals surface area contributed by atoms with Crippen molar-refractivity contribution in [2.75, 3.05) is 0 Å². The standard InChI is InChI=1S/C24H40O6/c1-12(4-7-19(27)28)14-5-6-15-20-16(11-18(26)24(14,15)3)23(2)9-8-13(25)10-17(23)21(29)22(20)30/h12-18,20-22,25-26,29-30H,4-11H2,1-3H3,(H,27,28)/t12-,13-,14-,15+,16+,17-,18+,20+,21-,22-,23-,24-/m1/s1. The topological polar surface area (TPSA) is 118 Å². The van der Waals surface area contributed by atoms with Crippen LogP contribution in [0.2, 0.25) is 0 Å². The Morgan fingerprint density at radius 2 is 1.67 bits per heavy atom. The number of carboxylic acids is 1. The molecule has 30 heavy (non-hydrogen) atoms. The van der Waals surface area contributed by atoms with Crippen molar-refractivity contribution in [3.63, 3.8) is 0 Å². The number of hydrogen-bond acceptors (Lipinski definition) is 5. The van der Waals surface area contributed by atoms with Crippen LogP contribution < -0.4 is 0 Å². The van der Waals surface area contributed by atoms with E-state index < -0.39 is 30.4 Å². The van der Waals surface area contributed by atoms with Gasteiger partial charge in [-0.3, -0.25) is 4.79 Å². The molecule has 0 saturated heterocycles. The van der Waals surface area contributed by atoms with Crippen LogP contribution in [0.15, 0.2) is 0 Å². The van der Waals surface area contributed by atoms with E-state index in [0.717, 1.165) is 19.3 Å². The minimum absolute atomic E-state index is 0.0541. The number of hydrogen-bond donors (Lipinski definition) is 5. The second kappa shape index (κ2) is 7.72. The first-order chi connectivity index (χ1) is 14.0. The van der Waals surface area contributed by atoms with Crippen LogP contribution in [0.5, 0.6) is 0 Å². The maximum Gasteiger partial charge on any atom is 0.303 e. The number of rotatable bonds is 4.